The topological polar surface area (TPSA) is 70.8 Å². The summed E-state index contributed by atoms with van der Waals surface area (Å²) in [5.41, 5.74) is 0. The lowest BCUT2D eigenvalue weighted by Gasteiger charge is -2.33. The molecule has 3 heterocycles. The highest BCUT2D eigenvalue weighted by molar-refractivity contribution is 7.91. The van der Waals surface area contributed by atoms with Gasteiger partial charge in [-0.25, -0.2) is 8.42 Å². The van der Waals surface area contributed by atoms with Crippen LogP contribution in [-0.4, -0.2) is 49.7 Å². The Hall–Kier alpha value is -1.64. The van der Waals surface area contributed by atoms with Crippen molar-refractivity contribution in [3.63, 3.8) is 0 Å². The summed E-state index contributed by atoms with van der Waals surface area (Å²) in [6.45, 7) is 3.33. The Morgan fingerprint density at radius 2 is 1.96 bits per heavy atom. The zero-order valence-electron chi connectivity index (χ0n) is 12.8. The summed E-state index contributed by atoms with van der Waals surface area (Å²) in [6.07, 6.45) is 2.28. The van der Waals surface area contributed by atoms with Gasteiger partial charge in [-0.05, 0) is 30.7 Å². The van der Waals surface area contributed by atoms with E-state index in [9.17, 15) is 13.2 Å². The molecule has 0 atom stereocenters. The lowest BCUT2D eigenvalue weighted by Crippen LogP contribution is -2.50. The molecular weight excluding hydrogens is 336 g/mol. The van der Waals surface area contributed by atoms with E-state index in [4.69, 9.17) is 4.42 Å². The number of amides is 1. The van der Waals surface area contributed by atoms with Gasteiger partial charge in [0.25, 0.3) is 15.9 Å². The number of hydrogen-bond acceptors (Lipinski definition) is 5. The average Bonchev–Trinajstić information content (AvgIpc) is 3.25. The van der Waals surface area contributed by atoms with Crippen LogP contribution in [0.1, 0.15) is 22.4 Å². The molecule has 0 radical (unpaired) electrons. The largest absolute Gasteiger partial charge is 0.459 e. The molecule has 0 saturated carbocycles. The van der Waals surface area contributed by atoms with Gasteiger partial charge in [0, 0.05) is 31.1 Å². The highest BCUT2D eigenvalue weighted by Crippen LogP contribution is 2.26. The van der Waals surface area contributed by atoms with Crippen LogP contribution in [0, 0.1) is 0 Å². The van der Waals surface area contributed by atoms with Crippen LogP contribution >= 0.6 is 11.3 Å². The van der Waals surface area contributed by atoms with Gasteiger partial charge in [0.2, 0.25) is 0 Å². The van der Waals surface area contributed by atoms with Gasteiger partial charge >= 0.3 is 0 Å². The average molecular weight is 354 g/mol. The molecule has 124 valence electrons. The molecular formula is C15H18N2O4S2. The van der Waals surface area contributed by atoms with Crippen LogP contribution in [0.15, 0.2) is 39.2 Å². The van der Waals surface area contributed by atoms with E-state index >= 15 is 0 Å². The molecule has 23 heavy (non-hydrogen) atoms. The van der Waals surface area contributed by atoms with Gasteiger partial charge in [-0.15, -0.1) is 11.3 Å². The first kappa shape index (κ1) is 16.2. The maximum absolute atomic E-state index is 12.6. The third kappa shape index (κ3) is 3.19. The van der Waals surface area contributed by atoms with Crippen molar-refractivity contribution >= 4 is 27.3 Å². The number of thiophene rings is 1. The molecule has 1 aliphatic heterocycles. The minimum atomic E-state index is -3.46. The van der Waals surface area contributed by atoms with Crippen LogP contribution in [0.25, 0.3) is 0 Å². The van der Waals surface area contributed by atoms with E-state index in [-0.39, 0.29) is 11.7 Å². The summed E-state index contributed by atoms with van der Waals surface area (Å²) in [5.74, 6) is 0.0867. The molecule has 2 aromatic rings. The molecule has 1 amide bonds. The number of furan rings is 1. The standard InChI is InChI=1S/C15H18N2O4S2/c1-2-12-5-6-14(22-12)23(19,20)17-9-7-16(8-10-17)15(18)13-4-3-11-21-13/h3-6,11H,2,7-10H2,1H3. The first-order valence-corrected chi connectivity index (χ1v) is 9.69. The number of aryl methyl sites for hydroxylation is 1. The third-order valence-corrected chi connectivity index (χ3v) is 7.43. The lowest BCUT2D eigenvalue weighted by atomic mass is 10.3. The van der Waals surface area contributed by atoms with E-state index in [1.807, 2.05) is 13.0 Å². The summed E-state index contributed by atoms with van der Waals surface area (Å²) < 4.78 is 32.2. The Kier molecular flexibility index (Phi) is 4.56. The van der Waals surface area contributed by atoms with Crippen molar-refractivity contribution in [1.29, 1.82) is 0 Å². The van der Waals surface area contributed by atoms with Crippen molar-refractivity contribution < 1.29 is 17.6 Å². The third-order valence-electron chi connectivity index (χ3n) is 3.84. The molecule has 1 saturated heterocycles. The number of sulfonamides is 1. The Bertz CT molecular complexity index is 772. The van der Waals surface area contributed by atoms with Crippen LogP contribution < -0.4 is 0 Å². The predicted molar refractivity (Wildman–Crippen MR) is 87.1 cm³/mol. The van der Waals surface area contributed by atoms with Crippen molar-refractivity contribution in [3.8, 4) is 0 Å². The second-order valence-electron chi connectivity index (χ2n) is 5.25. The van der Waals surface area contributed by atoms with Gasteiger partial charge in [-0.1, -0.05) is 6.92 Å². The number of rotatable bonds is 4. The quantitative estimate of drug-likeness (QED) is 0.842. The summed E-state index contributed by atoms with van der Waals surface area (Å²) >= 11 is 1.31. The Balaban J connectivity index is 1.67. The minimum absolute atomic E-state index is 0.198. The van der Waals surface area contributed by atoms with E-state index in [0.717, 1.165) is 11.3 Å². The van der Waals surface area contributed by atoms with Gasteiger partial charge in [0.15, 0.2) is 5.76 Å². The Morgan fingerprint density at radius 1 is 1.22 bits per heavy atom. The van der Waals surface area contributed by atoms with Crippen LogP contribution in [0.5, 0.6) is 0 Å². The fourth-order valence-corrected chi connectivity index (χ4v) is 5.37. The molecule has 6 nitrogen and oxygen atoms in total. The molecule has 1 fully saturated rings. The molecule has 0 unspecified atom stereocenters. The minimum Gasteiger partial charge on any atom is -0.459 e. The summed E-state index contributed by atoms with van der Waals surface area (Å²) in [5, 5.41) is 0. The van der Waals surface area contributed by atoms with Crippen LogP contribution in [0.3, 0.4) is 0 Å². The maximum atomic E-state index is 12.6. The van der Waals surface area contributed by atoms with Crippen molar-refractivity contribution in [2.24, 2.45) is 0 Å². The number of carbonyl (C=O) groups excluding carboxylic acids is 1. The summed E-state index contributed by atoms with van der Waals surface area (Å²) in [7, 11) is -3.46. The SMILES string of the molecule is CCc1ccc(S(=O)(=O)N2CCN(C(=O)c3ccco3)CC2)s1. The molecule has 0 bridgehead atoms. The number of piperazine rings is 1. The summed E-state index contributed by atoms with van der Waals surface area (Å²) in [4.78, 5) is 14.9. The van der Waals surface area contributed by atoms with Crippen molar-refractivity contribution in [1.82, 2.24) is 9.21 Å². The highest BCUT2D eigenvalue weighted by atomic mass is 32.2. The van der Waals surface area contributed by atoms with Gasteiger partial charge < -0.3 is 9.32 Å². The molecule has 1 aliphatic rings. The zero-order chi connectivity index (χ0) is 16.4. The second kappa shape index (κ2) is 6.46. The number of nitrogens with zero attached hydrogens (tertiary/aromatic N) is 2. The molecule has 8 heteroatoms. The Labute approximate surface area is 139 Å². The molecule has 3 rings (SSSR count). The highest BCUT2D eigenvalue weighted by Gasteiger charge is 2.31. The predicted octanol–water partition coefficient (Wildman–Crippen LogP) is 2.05. The van der Waals surface area contributed by atoms with Crippen molar-refractivity contribution in [3.05, 3.63) is 41.2 Å². The number of hydrogen-bond donors (Lipinski definition) is 0. The zero-order valence-corrected chi connectivity index (χ0v) is 14.4. The van der Waals surface area contributed by atoms with Crippen molar-refractivity contribution in [2.75, 3.05) is 26.2 Å². The molecule has 0 N–H and O–H groups in total. The number of carbonyl (C=O) groups is 1. The van der Waals surface area contributed by atoms with E-state index in [1.54, 1.807) is 23.1 Å². The second-order valence-corrected chi connectivity index (χ2v) is 8.58. The normalized spacial score (nSPS) is 16.7. The smallest absolute Gasteiger partial charge is 0.289 e. The van der Waals surface area contributed by atoms with Gasteiger partial charge in [0.05, 0.1) is 6.26 Å². The van der Waals surface area contributed by atoms with E-state index < -0.39 is 10.0 Å². The van der Waals surface area contributed by atoms with Gasteiger partial charge in [0.1, 0.15) is 4.21 Å². The van der Waals surface area contributed by atoms with E-state index in [0.29, 0.717) is 30.4 Å². The molecule has 0 aliphatic carbocycles. The monoisotopic (exact) mass is 354 g/mol. The first-order chi connectivity index (χ1) is 11.0. The molecule has 0 aromatic carbocycles. The first-order valence-electron chi connectivity index (χ1n) is 7.44. The summed E-state index contributed by atoms with van der Waals surface area (Å²) in [6, 6.07) is 6.80. The van der Waals surface area contributed by atoms with Crippen LogP contribution in [0.2, 0.25) is 0 Å². The van der Waals surface area contributed by atoms with Crippen molar-refractivity contribution in [2.45, 2.75) is 17.6 Å². The van der Waals surface area contributed by atoms with Gasteiger partial charge in [-0.3, -0.25) is 4.79 Å². The Morgan fingerprint density at radius 3 is 2.52 bits per heavy atom. The van der Waals surface area contributed by atoms with Crippen LogP contribution in [0.4, 0.5) is 0 Å². The van der Waals surface area contributed by atoms with Crippen LogP contribution in [-0.2, 0) is 16.4 Å². The molecule has 0 spiro atoms. The van der Waals surface area contributed by atoms with Gasteiger partial charge in [-0.2, -0.15) is 4.31 Å². The fraction of sp³-hybridized carbons (Fsp3) is 0.400. The maximum Gasteiger partial charge on any atom is 0.289 e. The molecule has 2 aromatic heterocycles. The fourth-order valence-electron chi connectivity index (χ4n) is 2.50. The van der Waals surface area contributed by atoms with E-state index in [1.165, 1.54) is 21.9 Å². The van der Waals surface area contributed by atoms with E-state index in [2.05, 4.69) is 0 Å². The lowest BCUT2D eigenvalue weighted by molar-refractivity contribution is 0.0666.